The second-order valence-electron chi connectivity index (χ2n) is 5.28. The number of ether oxygens (including phenoxy) is 1. The highest BCUT2D eigenvalue weighted by atomic mass is 19.1. The Morgan fingerprint density at radius 2 is 2.36 bits per heavy atom. The summed E-state index contributed by atoms with van der Waals surface area (Å²) in [5.41, 5.74) is 4.92. The molecular formula is C12H17FN6O3. The van der Waals surface area contributed by atoms with E-state index in [1.54, 1.807) is 7.05 Å². The number of halogens is 1. The first-order valence-corrected chi connectivity index (χ1v) is 6.77. The number of hydrogen-bond donors (Lipinski definition) is 4. The van der Waals surface area contributed by atoms with Gasteiger partial charge in [0, 0.05) is 13.0 Å². The molecule has 1 fully saturated rings. The van der Waals surface area contributed by atoms with Gasteiger partial charge in [0.05, 0.1) is 19.0 Å². The Hall–Kier alpha value is -1.88. The highest BCUT2D eigenvalue weighted by molar-refractivity contribution is 5.81. The largest absolute Gasteiger partial charge is 0.393 e. The first-order valence-electron chi connectivity index (χ1n) is 6.77. The molecule has 5 N–H and O–H groups in total. The molecule has 120 valence electrons. The van der Waals surface area contributed by atoms with Crippen LogP contribution in [0, 0.1) is 6.08 Å². The van der Waals surface area contributed by atoms with E-state index in [1.807, 2.05) is 0 Å². The lowest BCUT2D eigenvalue weighted by atomic mass is 9.98. The molecule has 0 saturated carbocycles. The van der Waals surface area contributed by atoms with E-state index >= 15 is 0 Å². The molecule has 3 atom stereocenters. The van der Waals surface area contributed by atoms with Gasteiger partial charge in [-0.3, -0.25) is 4.57 Å². The van der Waals surface area contributed by atoms with Gasteiger partial charge in [-0.05, 0) is 7.05 Å². The van der Waals surface area contributed by atoms with Crippen molar-refractivity contribution in [3.63, 3.8) is 0 Å². The van der Waals surface area contributed by atoms with Gasteiger partial charge in [0.25, 0.3) is 0 Å². The summed E-state index contributed by atoms with van der Waals surface area (Å²) >= 11 is 0. The third-order valence-electron chi connectivity index (χ3n) is 3.88. The highest BCUT2D eigenvalue weighted by Crippen LogP contribution is 2.37. The fraction of sp³-hybridized carbons (Fsp3) is 0.583. The van der Waals surface area contributed by atoms with E-state index in [0.717, 1.165) is 0 Å². The van der Waals surface area contributed by atoms with Crippen LogP contribution < -0.4 is 11.1 Å². The maximum absolute atomic E-state index is 13.4. The second kappa shape index (κ2) is 5.39. The van der Waals surface area contributed by atoms with E-state index in [1.165, 1.54) is 10.9 Å². The number of aliphatic hydroxyl groups excluding tert-OH is 2. The van der Waals surface area contributed by atoms with Crippen molar-refractivity contribution in [2.24, 2.45) is 0 Å². The van der Waals surface area contributed by atoms with Gasteiger partial charge >= 0.3 is 6.08 Å². The molecular weight excluding hydrogens is 295 g/mol. The Labute approximate surface area is 124 Å². The quantitative estimate of drug-likeness (QED) is 0.517. The van der Waals surface area contributed by atoms with Crippen molar-refractivity contribution in [2.45, 2.75) is 24.4 Å². The number of nitrogen functional groups attached to an aromatic ring is 1. The minimum atomic E-state index is -1.13. The lowest BCUT2D eigenvalue weighted by Gasteiger charge is -2.29. The number of anilines is 1. The summed E-state index contributed by atoms with van der Waals surface area (Å²) in [5, 5.41) is 22.7. The Morgan fingerprint density at radius 1 is 1.59 bits per heavy atom. The number of hydrogen-bond acceptors (Lipinski definition) is 8. The normalized spacial score (nSPS) is 28.5. The topological polar surface area (TPSA) is 131 Å². The summed E-state index contributed by atoms with van der Waals surface area (Å²) < 4.78 is 20.7. The highest BCUT2D eigenvalue weighted by Gasteiger charge is 2.48. The molecule has 0 amide bonds. The minimum absolute atomic E-state index is 0.0663. The molecule has 1 aliphatic rings. The van der Waals surface area contributed by atoms with Gasteiger partial charge in [0.1, 0.15) is 11.8 Å². The Morgan fingerprint density at radius 3 is 3.05 bits per heavy atom. The predicted octanol–water partition coefficient (Wildman–Crippen LogP) is -1.22. The van der Waals surface area contributed by atoms with E-state index in [0.29, 0.717) is 0 Å². The number of rotatable bonds is 4. The van der Waals surface area contributed by atoms with Crippen molar-refractivity contribution in [1.82, 2.24) is 24.8 Å². The molecule has 10 heteroatoms. The molecule has 3 heterocycles. The monoisotopic (exact) mass is 312 g/mol. The van der Waals surface area contributed by atoms with Crippen molar-refractivity contribution in [3.8, 4) is 0 Å². The van der Waals surface area contributed by atoms with Gasteiger partial charge in [-0.15, -0.1) is 0 Å². The Bertz CT molecular complexity index is 695. The van der Waals surface area contributed by atoms with Crippen LogP contribution in [0.15, 0.2) is 6.33 Å². The van der Waals surface area contributed by atoms with Crippen molar-refractivity contribution in [1.29, 1.82) is 0 Å². The molecule has 2 aromatic heterocycles. The third kappa shape index (κ3) is 2.20. The van der Waals surface area contributed by atoms with Gasteiger partial charge < -0.3 is 26.0 Å². The van der Waals surface area contributed by atoms with E-state index in [9.17, 15) is 14.6 Å². The third-order valence-corrected chi connectivity index (χ3v) is 3.88. The van der Waals surface area contributed by atoms with Crippen LogP contribution in [0.5, 0.6) is 0 Å². The SMILES string of the molecule is CNC[C@]1(CO)O[C@@H](n2cnc3c(N)nc(F)nc32)C[C@@H]1O. The number of nitrogens with two attached hydrogens (primary N) is 1. The number of aromatic nitrogens is 4. The number of imidazole rings is 1. The van der Waals surface area contributed by atoms with Gasteiger partial charge in [-0.25, -0.2) is 4.98 Å². The molecule has 22 heavy (non-hydrogen) atoms. The molecule has 0 aromatic carbocycles. The average molecular weight is 312 g/mol. The number of nitrogens with one attached hydrogen (secondary N) is 1. The van der Waals surface area contributed by atoms with Crippen molar-refractivity contribution < 1.29 is 19.3 Å². The van der Waals surface area contributed by atoms with E-state index in [4.69, 9.17) is 10.5 Å². The van der Waals surface area contributed by atoms with Crippen LogP contribution >= 0.6 is 0 Å². The maximum Gasteiger partial charge on any atom is 0.312 e. The van der Waals surface area contributed by atoms with Crippen LogP contribution in [0.25, 0.3) is 11.2 Å². The fourth-order valence-corrected chi connectivity index (χ4v) is 2.75. The standard InChI is InChI=1S/C12H17FN6O3/c1-15-3-12(4-20)6(21)2-7(22-12)19-5-16-8-9(14)17-11(13)18-10(8)19/h5-7,15,20-21H,2-4H2,1H3,(H2,14,17,18)/t6-,7+,12+/m0/s1. The number of nitrogens with zero attached hydrogens (tertiary/aromatic N) is 4. The van der Waals surface area contributed by atoms with Crippen LogP contribution in [0.2, 0.25) is 0 Å². The molecule has 9 nitrogen and oxygen atoms in total. The van der Waals surface area contributed by atoms with Crippen molar-refractivity contribution in [3.05, 3.63) is 12.4 Å². The fourth-order valence-electron chi connectivity index (χ4n) is 2.75. The Balaban J connectivity index is 1.99. The maximum atomic E-state index is 13.4. The number of fused-ring (bicyclic) bond motifs is 1. The molecule has 1 aliphatic heterocycles. The molecule has 1 saturated heterocycles. The zero-order valence-corrected chi connectivity index (χ0v) is 11.9. The summed E-state index contributed by atoms with van der Waals surface area (Å²) in [6, 6.07) is 0. The van der Waals surface area contributed by atoms with E-state index in [2.05, 4.69) is 20.3 Å². The average Bonchev–Trinajstić information content (AvgIpc) is 3.02. The van der Waals surface area contributed by atoms with Crippen LogP contribution in [0.4, 0.5) is 10.2 Å². The molecule has 3 rings (SSSR count). The molecule has 0 unspecified atom stereocenters. The van der Waals surface area contributed by atoms with Gasteiger partial charge in [-0.2, -0.15) is 14.4 Å². The van der Waals surface area contributed by atoms with Gasteiger partial charge in [0.2, 0.25) is 0 Å². The zero-order valence-electron chi connectivity index (χ0n) is 11.9. The molecule has 0 bridgehead atoms. The first-order chi connectivity index (χ1) is 10.5. The summed E-state index contributed by atoms with van der Waals surface area (Å²) in [6.45, 7) is -0.0943. The van der Waals surface area contributed by atoms with Crippen LogP contribution in [-0.2, 0) is 4.74 Å². The number of aliphatic hydroxyl groups is 2. The van der Waals surface area contributed by atoms with Crippen molar-refractivity contribution >= 4 is 17.0 Å². The molecule has 0 radical (unpaired) electrons. The first kappa shape index (κ1) is 15.0. The van der Waals surface area contributed by atoms with E-state index < -0.39 is 24.0 Å². The van der Waals surface area contributed by atoms with Crippen molar-refractivity contribution in [2.75, 3.05) is 25.9 Å². The van der Waals surface area contributed by atoms with Crippen LogP contribution in [0.1, 0.15) is 12.6 Å². The van der Waals surface area contributed by atoms with Gasteiger partial charge in [-0.1, -0.05) is 0 Å². The smallest absolute Gasteiger partial charge is 0.312 e. The van der Waals surface area contributed by atoms with Crippen LogP contribution in [-0.4, -0.2) is 61.6 Å². The summed E-state index contributed by atoms with van der Waals surface area (Å²) in [6.07, 6.45) is -0.891. The summed E-state index contributed by atoms with van der Waals surface area (Å²) in [5.74, 6) is -0.0663. The molecule has 2 aromatic rings. The Kier molecular flexibility index (Phi) is 3.68. The van der Waals surface area contributed by atoms with E-state index in [-0.39, 0.29) is 36.6 Å². The minimum Gasteiger partial charge on any atom is -0.393 e. The van der Waals surface area contributed by atoms with Gasteiger partial charge in [0.15, 0.2) is 17.0 Å². The molecule has 0 spiro atoms. The lowest BCUT2D eigenvalue weighted by molar-refractivity contribution is -0.123. The zero-order chi connectivity index (χ0) is 15.9. The van der Waals surface area contributed by atoms with Crippen LogP contribution in [0.3, 0.4) is 0 Å². The number of likely N-dealkylation sites (N-methyl/N-ethyl adjacent to an activating group) is 1. The predicted molar refractivity (Wildman–Crippen MR) is 74.2 cm³/mol. The molecule has 0 aliphatic carbocycles. The summed E-state index contributed by atoms with van der Waals surface area (Å²) in [4.78, 5) is 11.2. The summed E-state index contributed by atoms with van der Waals surface area (Å²) in [7, 11) is 1.69. The second-order valence-corrected chi connectivity index (χ2v) is 5.28. The lowest BCUT2D eigenvalue weighted by Crippen LogP contribution is -2.50.